The number of pyridine rings is 1. The lowest BCUT2D eigenvalue weighted by molar-refractivity contribution is -0.304. The zero-order valence-electron chi connectivity index (χ0n) is 15.5. The fourth-order valence-electron chi connectivity index (χ4n) is 2.38. The third-order valence-electron chi connectivity index (χ3n) is 4.03. The molecular formula is C20H19F3NO3S-. The van der Waals surface area contributed by atoms with Crippen LogP contribution in [-0.4, -0.2) is 22.0 Å². The van der Waals surface area contributed by atoms with Crippen LogP contribution in [0.5, 0.6) is 0 Å². The first-order valence-corrected chi connectivity index (χ1v) is 9.30. The van der Waals surface area contributed by atoms with Gasteiger partial charge in [0.05, 0.1) is 21.8 Å². The average Bonchev–Trinajstić information content (AvgIpc) is 2.60. The molecule has 1 heterocycles. The Morgan fingerprint density at radius 1 is 1.04 bits per heavy atom. The van der Waals surface area contributed by atoms with Gasteiger partial charge in [0.15, 0.2) is 5.78 Å². The normalized spacial score (nSPS) is 13.2. The maximum atomic E-state index is 12.6. The lowest BCUT2D eigenvalue weighted by atomic mass is 9.86. The molecule has 0 spiro atoms. The number of halogens is 3. The van der Waals surface area contributed by atoms with Crippen molar-refractivity contribution in [3.8, 4) is 0 Å². The highest BCUT2D eigenvalue weighted by molar-refractivity contribution is 8.00. The molecule has 0 aliphatic carbocycles. The van der Waals surface area contributed by atoms with Crippen molar-refractivity contribution in [1.29, 1.82) is 0 Å². The van der Waals surface area contributed by atoms with E-state index in [1.54, 1.807) is 12.1 Å². The topological polar surface area (TPSA) is 70.1 Å². The molecule has 1 aromatic heterocycles. The Balaban J connectivity index is 2.10. The van der Waals surface area contributed by atoms with Crippen LogP contribution in [0, 0.1) is 0 Å². The monoisotopic (exact) mass is 410 g/mol. The van der Waals surface area contributed by atoms with Gasteiger partial charge >= 0.3 is 6.18 Å². The number of ketones is 1. The van der Waals surface area contributed by atoms with Crippen molar-refractivity contribution in [1.82, 2.24) is 4.98 Å². The van der Waals surface area contributed by atoms with Gasteiger partial charge in [-0.2, -0.15) is 13.2 Å². The Morgan fingerprint density at radius 2 is 1.61 bits per heavy atom. The van der Waals surface area contributed by atoms with E-state index in [0.717, 1.165) is 17.7 Å². The van der Waals surface area contributed by atoms with E-state index >= 15 is 0 Å². The lowest BCUT2D eigenvalue weighted by Crippen LogP contribution is -2.35. The van der Waals surface area contributed by atoms with Gasteiger partial charge in [0.1, 0.15) is 0 Å². The second-order valence-corrected chi connectivity index (χ2v) is 8.49. The Hall–Kier alpha value is -2.35. The summed E-state index contributed by atoms with van der Waals surface area (Å²) in [7, 11) is 0. The van der Waals surface area contributed by atoms with Crippen molar-refractivity contribution >= 4 is 23.5 Å². The highest BCUT2D eigenvalue weighted by atomic mass is 32.2. The molecule has 2 rings (SSSR count). The number of carbonyl (C=O) groups is 2. The molecule has 1 aromatic carbocycles. The highest BCUT2D eigenvalue weighted by Crippen LogP contribution is 2.31. The Morgan fingerprint density at radius 3 is 2.04 bits per heavy atom. The van der Waals surface area contributed by atoms with E-state index in [9.17, 15) is 27.9 Å². The summed E-state index contributed by atoms with van der Waals surface area (Å²) in [6.07, 6.45) is -4.26. The van der Waals surface area contributed by atoms with Gasteiger partial charge in [0, 0.05) is 18.2 Å². The van der Waals surface area contributed by atoms with Gasteiger partial charge in [0.25, 0.3) is 0 Å². The average molecular weight is 410 g/mol. The van der Waals surface area contributed by atoms with Gasteiger partial charge in [0.2, 0.25) is 0 Å². The van der Waals surface area contributed by atoms with Crippen LogP contribution < -0.4 is 5.11 Å². The Bertz CT molecular complexity index is 841. The zero-order chi connectivity index (χ0) is 21.1. The summed E-state index contributed by atoms with van der Waals surface area (Å²) in [6, 6.07) is 8.78. The standard InChI is InChI=1S/C20H20F3NO3S/c1-19(2,3)13-6-4-12(5-7-13)15(25)10-16(18(26)27)28-17-9-8-14(11-24-17)20(21,22)23/h4-9,11,16H,10H2,1-3H3,(H,26,27)/p-1/t16-/m0/s1. The Kier molecular flexibility index (Phi) is 6.54. The molecule has 0 aliphatic rings. The minimum absolute atomic E-state index is 0.0677. The molecule has 4 nitrogen and oxygen atoms in total. The minimum atomic E-state index is -4.53. The third kappa shape index (κ3) is 5.82. The molecule has 2 aromatic rings. The maximum Gasteiger partial charge on any atom is 0.417 e. The van der Waals surface area contributed by atoms with Crippen molar-refractivity contribution in [3.05, 3.63) is 59.3 Å². The number of alkyl halides is 3. The SMILES string of the molecule is CC(C)(C)c1ccc(C(=O)C[C@H](Sc2ccc(C(F)(F)F)cn2)C(=O)[O-])cc1. The molecule has 0 fully saturated rings. The number of carbonyl (C=O) groups excluding carboxylic acids is 2. The molecule has 0 saturated carbocycles. The number of carboxylic acids is 1. The van der Waals surface area contributed by atoms with E-state index in [1.165, 1.54) is 0 Å². The predicted molar refractivity (Wildman–Crippen MR) is 98.0 cm³/mol. The molecule has 28 heavy (non-hydrogen) atoms. The maximum absolute atomic E-state index is 12.6. The molecular weight excluding hydrogens is 391 g/mol. The largest absolute Gasteiger partial charge is 0.549 e. The van der Waals surface area contributed by atoms with Crippen LogP contribution in [-0.2, 0) is 16.4 Å². The van der Waals surface area contributed by atoms with Crippen molar-refractivity contribution < 1.29 is 27.9 Å². The molecule has 150 valence electrons. The van der Waals surface area contributed by atoms with Crippen LogP contribution in [0.15, 0.2) is 47.6 Å². The van der Waals surface area contributed by atoms with Gasteiger partial charge in [-0.05, 0) is 23.1 Å². The number of thioether (sulfide) groups is 1. The fraction of sp³-hybridized carbons (Fsp3) is 0.350. The van der Waals surface area contributed by atoms with Crippen LogP contribution in [0.4, 0.5) is 13.2 Å². The summed E-state index contributed by atoms with van der Waals surface area (Å²) in [5, 5.41) is 10.2. The van der Waals surface area contributed by atoms with Gasteiger partial charge in [-0.15, -0.1) is 0 Å². The van der Waals surface area contributed by atoms with E-state index in [-0.39, 0.29) is 16.9 Å². The van der Waals surface area contributed by atoms with Crippen LogP contribution in [0.2, 0.25) is 0 Å². The third-order valence-corrected chi connectivity index (χ3v) is 5.16. The molecule has 0 amide bonds. The van der Waals surface area contributed by atoms with Gasteiger partial charge < -0.3 is 9.90 Å². The first kappa shape index (κ1) is 21.9. The predicted octanol–water partition coefficient (Wildman–Crippen LogP) is 3.88. The highest BCUT2D eigenvalue weighted by Gasteiger charge is 2.31. The fourth-order valence-corrected chi connectivity index (χ4v) is 3.26. The second-order valence-electron chi connectivity index (χ2n) is 7.26. The smallest absolute Gasteiger partial charge is 0.417 e. The molecule has 0 aliphatic heterocycles. The number of nitrogens with zero attached hydrogens (tertiary/aromatic N) is 1. The molecule has 0 saturated heterocycles. The van der Waals surface area contributed by atoms with Gasteiger partial charge in [-0.3, -0.25) is 4.79 Å². The number of Topliss-reactive ketones (excluding diaryl/α,β-unsaturated/α-hetero) is 1. The summed E-state index contributed by atoms with van der Waals surface area (Å²) >= 11 is 0.685. The zero-order valence-corrected chi connectivity index (χ0v) is 16.4. The first-order valence-electron chi connectivity index (χ1n) is 8.42. The summed E-state index contributed by atoms with van der Waals surface area (Å²) in [5.74, 6) is -1.87. The number of carboxylic acid groups (broad SMARTS) is 1. The van der Waals surface area contributed by atoms with Crippen molar-refractivity contribution in [2.45, 2.75) is 49.1 Å². The van der Waals surface area contributed by atoms with E-state index in [4.69, 9.17) is 0 Å². The number of aromatic nitrogens is 1. The summed E-state index contributed by atoms with van der Waals surface area (Å²) < 4.78 is 37.7. The van der Waals surface area contributed by atoms with Crippen molar-refractivity contribution in [2.24, 2.45) is 0 Å². The minimum Gasteiger partial charge on any atom is -0.549 e. The van der Waals surface area contributed by atoms with Crippen molar-refractivity contribution in [3.63, 3.8) is 0 Å². The summed E-state index contributed by atoms with van der Waals surface area (Å²) in [6.45, 7) is 6.09. The molecule has 0 radical (unpaired) electrons. The quantitative estimate of drug-likeness (QED) is 0.534. The molecule has 0 unspecified atom stereocenters. The molecule has 1 atom stereocenters. The lowest BCUT2D eigenvalue weighted by Gasteiger charge is -2.19. The van der Waals surface area contributed by atoms with Crippen molar-refractivity contribution in [2.75, 3.05) is 0 Å². The van der Waals surface area contributed by atoms with E-state index in [1.807, 2.05) is 32.9 Å². The Labute approximate surface area is 165 Å². The number of hydrogen-bond donors (Lipinski definition) is 0. The number of aliphatic carboxylic acids is 1. The van der Waals surface area contributed by atoms with Gasteiger partial charge in [-0.25, -0.2) is 4.98 Å². The molecule has 8 heteroatoms. The molecule has 0 N–H and O–H groups in total. The van der Waals surface area contributed by atoms with Gasteiger partial charge in [-0.1, -0.05) is 56.8 Å². The first-order chi connectivity index (χ1) is 12.9. The summed E-state index contributed by atoms with van der Waals surface area (Å²) in [4.78, 5) is 27.4. The van der Waals surface area contributed by atoms with Crippen LogP contribution >= 0.6 is 11.8 Å². The number of benzene rings is 1. The van der Waals surface area contributed by atoms with E-state index in [2.05, 4.69) is 4.98 Å². The van der Waals surface area contributed by atoms with E-state index < -0.39 is 28.7 Å². The number of rotatable bonds is 6. The van der Waals surface area contributed by atoms with Crippen LogP contribution in [0.1, 0.15) is 48.7 Å². The van der Waals surface area contributed by atoms with E-state index in [0.29, 0.717) is 23.5 Å². The number of hydrogen-bond acceptors (Lipinski definition) is 5. The molecule has 0 bridgehead atoms. The summed E-state index contributed by atoms with van der Waals surface area (Å²) in [5.41, 5.74) is 0.375. The second kappa shape index (κ2) is 8.34. The van der Waals surface area contributed by atoms with Crippen LogP contribution in [0.25, 0.3) is 0 Å². The van der Waals surface area contributed by atoms with Crippen LogP contribution in [0.3, 0.4) is 0 Å².